The molecule has 198 valence electrons. The number of nitrogens with zero attached hydrogens (tertiary/aromatic N) is 2. The van der Waals surface area contributed by atoms with E-state index in [4.69, 9.17) is 0 Å². The Labute approximate surface area is 213 Å². The number of carbonyl (C=O) groups excluding carboxylic acids is 4. The van der Waals surface area contributed by atoms with E-state index in [2.05, 4.69) is 10.6 Å². The molecule has 0 aromatic heterocycles. The number of fused-ring (bicyclic) bond motifs is 3. The average molecular weight is 503 g/mol. The topological polar surface area (TPSA) is 98.8 Å². The van der Waals surface area contributed by atoms with E-state index in [9.17, 15) is 23.6 Å². The molecule has 1 aromatic rings. The molecule has 0 unspecified atom stereocenters. The molecule has 1 aromatic carbocycles. The minimum atomic E-state index is -0.708. The van der Waals surface area contributed by atoms with Gasteiger partial charge in [-0.15, -0.1) is 0 Å². The summed E-state index contributed by atoms with van der Waals surface area (Å²) in [6.45, 7) is 8.66. The minimum Gasteiger partial charge on any atom is -0.355 e. The van der Waals surface area contributed by atoms with E-state index < -0.39 is 23.8 Å². The van der Waals surface area contributed by atoms with Crippen molar-refractivity contribution >= 4 is 23.6 Å². The third-order valence-corrected chi connectivity index (χ3v) is 6.86. The van der Waals surface area contributed by atoms with Crippen LogP contribution in [0.3, 0.4) is 0 Å². The summed E-state index contributed by atoms with van der Waals surface area (Å²) in [6.07, 6.45) is 2.60. The van der Waals surface area contributed by atoms with Crippen molar-refractivity contribution in [2.24, 2.45) is 11.8 Å². The zero-order valence-electron chi connectivity index (χ0n) is 21.8. The highest BCUT2D eigenvalue weighted by Gasteiger charge is 2.37. The van der Waals surface area contributed by atoms with Gasteiger partial charge in [-0.05, 0) is 55.2 Å². The number of halogens is 1. The maximum Gasteiger partial charge on any atom is 0.257 e. The van der Waals surface area contributed by atoms with Crippen molar-refractivity contribution in [3.63, 3.8) is 0 Å². The lowest BCUT2D eigenvalue weighted by Crippen LogP contribution is -2.55. The fraction of sp³-hybridized carbons (Fsp3) is 0.630. The molecule has 1 saturated heterocycles. The largest absolute Gasteiger partial charge is 0.355 e. The van der Waals surface area contributed by atoms with E-state index >= 15 is 0 Å². The lowest BCUT2D eigenvalue weighted by Gasteiger charge is -2.32. The zero-order valence-corrected chi connectivity index (χ0v) is 21.8. The number of hydrogen-bond donors (Lipinski definition) is 2. The van der Waals surface area contributed by atoms with Crippen LogP contribution in [-0.2, 0) is 20.8 Å². The van der Waals surface area contributed by atoms with Crippen molar-refractivity contribution in [3.05, 3.63) is 35.1 Å². The molecule has 8 nitrogen and oxygen atoms in total. The van der Waals surface area contributed by atoms with Crippen molar-refractivity contribution in [1.82, 2.24) is 20.4 Å². The van der Waals surface area contributed by atoms with Gasteiger partial charge in [-0.2, -0.15) is 0 Å². The number of benzene rings is 1. The molecule has 0 saturated carbocycles. The molecule has 2 atom stereocenters. The molecule has 0 spiro atoms. The summed E-state index contributed by atoms with van der Waals surface area (Å²) < 4.78 is 14.6. The lowest BCUT2D eigenvalue weighted by atomic mass is 10.0. The lowest BCUT2D eigenvalue weighted by molar-refractivity contribution is -0.137. The summed E-state index contributed by atoms with van der Waals surface area (Å²) >= 11 is 0. The molecule has 1 fully saturated rings. The van der Waals surface area contributed by atoms with Gasteiger partial charge in [0.2, 0.25) is 17.7 Å². The standard InChI is InChI=1S/C27H39FN4O4/c1-17(2)13-25(34)31-15-22(18(3)4)30-26(35)23-8-6-12-32(23)27(36)20-14-19(9-10-21(20)28)7-5-11-29-24(33)16-31/h9-10,14,17-18,22-23H,5-8,11-13,15-16H2,1-4H3,(H,29,33)(H,30,35)/t22-,23-/m0/s1. The van der Waals surface area contributed by atoms with Crippen molar-refractivity contribution < 1.29 is 23.6 Å². The molecule has 0 aliphatic carbocycles. The van der Waals surface area contributed by atoms with Crippen LogP contribution in [0.15, 0.2) is 18.2 Å². The van der Waals surface area contributed by atoms with Gasteiger partial charge in [0, 0.05) is 32.1 Å². The highest BCUT2D eigenvalue weighted by atomic mass is 19.1. The highest BCUT2D eigenvalue weighted by Crippen LogP contribution is 2.23. The zero-order chi connectivity index (χ0) is 26.4. The van der Waals surface area contributed by atoms with Gasteiger partial charge in [0.1, 0.15) is 11.9 Å². The third kappa shape index (κ3) is 7.04. The maximum atomic E-state index is 14.6. The molecule has 2 aliphatic heterocycles. The van der Waals surface area contributed by atoms with Gasteiger partial charge in [-0.25, -0.2) is 4.39 Å². The Bertz CT molecular complexity index is 981. The Kier molecular flexibility index (Phi) is 9.45. The average Bonchev–Trinajstić information content (AvgIpc) is 3.30. The van der Waals surface area contributed by atoms with E-state index in [0.29, 0.717) is 45.2 Å². The number of hydrogen-bond acceptors (Lipinski definition) is 4. The van der Waals surface area contributed by atoms with Gasteiger partial charge >= 0.3 is 0 Å². The minimum absolute atomic E-state index is 0.0203. The normalized spacial score (nSPS) is 22.4. The van der Waals surface area contributed by atoms with Gasteiger partial charge in [-0.3, -0.25) is 19.2 Å². The Hall–Kier alpha value is -2.97. The van der Waals surface area contributed by atoms with Crippen molar-refractivity contribution in [3.8, 4) is 0 Å². The van der Waals surface area contributed by atoms with Gasteiger partial charge in [0.05, 0.1) is 12.1 Å². The molecule has 4 amide bonds. The fourth-order valence-electron chi connectivity index (χ4n) is 4.75. The molecule has 2 heterocycles. The molecule has 9 heteroatoms. The monoisotopic (exact) mass is 502 g/mol. The van der Waals surface area contributed by atoms with Crippen LogP contribution in [0.2, 0.25) is 0 Å². The second kappa shape index (κ2) is 12.3. The summed E-state index contributed by atoms with van der Waals surface area (Å²) in [5.41, 5.74) is 0.749. The quantitative estimate of drug-likeness (QED) is 0.664. The van der Waals surface area contributed by atoms with Crippen molar-refractivity contribution in [1.29, 1.82) is 0 Å². The summed E-state index contributed by atoms with van der Waals surface area (Å²) in [6, 6.07) is 3.35. The van der Waals surface area contributed by atoms with Crippen LogP contribution in [-0.4, -0.2) is 71.7 Å². The summed E-state index contributed by atoms with van der Waals surface area (Å²) in [4.78, 5) is 55.3. The Morgan fingerprint density at radius 3 is 2.58 bits per heavy atom. The molecule has 36 heavy (non-hydrogen) atoms. The molecular weight excluding hydrogens is 463 g/mol. The summed E-state index contributed by atoms with van der Waals surface area (Å²) in [7, 11) is 0. The van der Waals surface area contributed by atoms with E-state index in [0.717, 1.165) is 5.56 Å². The van der Waals surface area contributed by atoms with E-state index in [1.54, 1.807) is 12.1 Å². The third-order valence-electron chi connectivity index (χ3n) is 6.86. The molecule has 3 rings (SSSR count). The van der Waals surface area contributed by atoms with Gasteiger partial charge in [0.25, 0.3) is 5.91 Å². The number of nitrogens with one attached hydrogen (secondary N) is 2. The Morgan fingerprint density at radius 1 is 1.14 bits per heavy atom. The number of carbonyl (C=O) groups is 4. The Morgan fingerprint density at radius 2 is 1.89 bits per heavy atom. The summed E-state index contributed by atoms with van der Waals surface area (Å²) in [5, 5.41) is 5.88. The SMILES string of the molecule is CC(C)CC(=O)N1CC(=O)NCCCc2ccc(F)c(c2)C(=O)N2CCC[C@H]2C(=O)N[C@H](C(C)C)C1. The molecule has 2 aliphatic rings. The molecule has 2 bridgehead atoms. The highest BCUT2D eigenvalue weighted by molar-refractivity contribution is 5.98. The number of aryl methyl sites for hydroxylation is 1. The van der Waals surface area contributed by atoms with Crippen LogP contribution in [0.25, 0.3) is 0 Å². The maximum absolute atomic E-state index is 14.6. The van der Waals surface area contributed by atoms with Gasteiger partial charge in [-0.1, -0.05) is 33.8 Å². The molecular formula is C27H39FN4O4. The van der Waals surface area contributed by atoms with Crippen LogP contribution < -0.4 is 10.6 Å². The number of rotatable bonds is 3. The second-order valence-corrected chi connectivity index (χ2v) is 10.7. The van der Waals surface area contributed by atoms with Crippen molar-refractivity contribution in [2.45, 2.75) is 71.9 Å². The molecule has 2 N–H and O–H groups in total. The van der Waals surface area contributed by atoms with E-state index in [1.807, 2.05) is 27.7 Å². The first-order chi connectivity index (χ1) is 17.1. The molecule has 0 radical (unpaired) electrons. The first-order valence-electron chi connectivity index (χ1n) is 13.0. The van der Waals surface area contributed by atoms with Gasteiger partial charge < -0.3 is 20.4 Å². The first-order valence-corrected chi connectivity index (χ1v) is 13.0. The summed E-state index contributed by atoms with van der Waals surface area (Å²) in [5.74, 6) is -1.70. The van der Waals surface area contributed by atoms with Crippen molar-refractivity contribution in [2.75, 3.05) is 26.2 Å². The van der Waals surface area contributed by atoms with Crippen LogP contribution in [0.1, 0.15) is 69.3 Å². The van der Waals surface area contributed by atoms with Crippen LogP contribution in [0.4, 0.5) is 4.39 Å². The van der Waals surface area contributed by atoms with E-state index in [1.165, 1.54) is 15.9 Å². The predicted octanol–water partition coefficient (Wildman–Crippen LogP) is 2.51. The van der Waals surface area contributed by atoms with Crippen LogP contribution in [0, 0.1) is 17.7 Å². The predicted molar refractivity (Wildman–Crippen MR) is 135 cm³/mol. The van der Waals surface area contributed by atoms with Crippen LogP contribution >= 0.6 is 0 Å². The first kappa shape index (κ1) is 27.6. The van der Waals surface area contributed by atoms with E-state index in [-0.39, 0.29) is 48.2 Å². The van der Waals surface area contributed by atoms with Crippen LogP contribution in [0.5, 0.6) is 0 Å². The smallest absolute Gasteiger partial charge is 0.257 e. The Balaban J connectivity index is 1.92. The number of amides is 4. The van der Waals surface area contributed by atoms with Gasteiger partial charge in [0.15, 0.2) is 0 Å². The second-order valence-electron chi connectivity index (χ2n) is 10.7. The fourth-order valence-corrected chi connectivity index (χ4v) is 4.75.